The molecule has 0 spiro atoms. The molecule has 100 valence electrons. The molecule has 0 saturated carbocycles. The molecule has 2 rings (SSSR count). The zero-order valence-electron chi connectivity index (χ0n) is 10.7. The summed E-state index contributed by atoms with van der Waals surface area (Å²) >= 11 is 9.63. The highest BCUT2D eigenvalue weighted by Crippen LogP contribution is 2.20. The van der Waals surface area contributed by atoms with Gasteiger partial charge >= 0.3 is 0 Å². The molecule has 0 aliphatic heterocycles. The van der Waals surface area contributed by atoms with Crippen LogP contribution in [0.3, 0.4) is 0 Å². The summed E-state index contributed by atoms with van der Waals surface area (Å²) in [6, 6.07) is 13.9. The van der Waals surface area contributed by atoms with Crippen molar-refractivity contribution in [2.75, 3.05) is 12.8 Å². The van der Waals surface area contributed by atoms with Crippen molar-refractivity contribution in [2.45, 2.75) is 13.1 Å². The van der Waals surface area contributed by atoms with Gasteiger partial charge < -0.3 is 5.73 Å². The van der Waals surface area contributed by atoms with Crippen molar-refractivity contribution in [3.05, 3.63) is 63.1 Å². The van der Waals surface area contributed by atoms with Crippen molar-refractivity contribution >= 4 is 33.2 Å². The van der Waals surface area contributed by atoms with E-state index in [4.69, 9.17) is 17.3 Å². The summed E-state index contributed by atoms with van der Waals surface area (Å²) in [5, 5.41) is 0.808. The van der Waals surface area contributed by atoms with Gasteiger partial charge in [-0.25, -0.2) is 0 Å². The van der Waals surface area contributed by atoms with Crippen LogP contribution in [0.4, 0.5) is 5.69 Å². The van der Waals surface area contributed by atoms with Crippen molar-refractivity contribution in [3.63, 3.8) is 0 Å². The molecule has 0 saturated heterocycles. The Labute approximate surface area is 127 Å². The van der Waals surface area contributed by atoms with Crippen LogP contribution in [0, 0.1) is 0 Å². The minimum absolute atomic E-state index is 0.774. The van der Waals surface area contributed by atoms with Gasteiger partial charge in [0.25, 0.3) is 0 Å². The van der Waals surface area contributed by atoms with Crippen LogP contribution >= 0.6 is 27.5 Å². The molecule has 0 heterocycles. The van der Waals surface area contributed by atoms with Gasteiger partial charge in [0, 0.05) is 28.3 Å². The normalized spacial score (nSPS) is 10.9. The Kier molecular flexibility index (Phi) is 4.86. The molecular weight excluding hydrogens is 324 g/mol. The molecule has 0 aliphatic carbocycles. The molecule has 2 nitrogen and oxygen atoms in total. The maximum atomic E-state index is 6.17. The number of anilines is 1. The lowest BCUT2D eigenvalue weighted by Crippen LogP contribution is -2.17. The van der Waals surface area contributed by atoms with Crippen LogP contribution in [0.2, 0.25) is 5.02 Å². The summed E-state index contributed by atoms with van der Waals surface area (Å²) in [5.41, 5.74) is 8.93. The minimum atomic E-state index is 0.774. The van der Waals surface area contributed by atoms with Crippen LogP contribution < -0.4 is 5.73 Å². The maximum absolute atomic E-state index is 6.17. The number of hydrogen-bond acceptors (Lipinski definition) is 2. The highest BCUT2D eigenvalue weighted by molar-refractivity contribution is 9.10. The Morgan fingerprint density at radius 3 is 2.58 bits per heavy atom. The van der Waals surface area contributed by atoms with Crippen molar-refractivity contribution in [2.24, 2.45) is 0 Å². The standard InChI is InChI=1S/C15H16BrClN2/c1-19(10-12-4-2-3-5-15(12)17)9-11-6-13(16)8-14(18)7-11/h2-8H,9-10,18H2,1H3. The number of halogens is 2. The Morgan fingerprint density at radius 1 is 1.16 bits per heavy atom. The summed E-state index contributed by atoms with van der Waals surface area (Å²) in [6.45, 7) is 1.64. The average Bonchev–Trinajstić information content (AvgIpc) is 2.30. The Balaban J connectivity index is 2.05. The van der Waals surface area contributed by atoms with E-state index in [1.165, 1.54) is 5.56 Å². The Bertz CT molecular complexity index is 552. The molecule has 0 radical (unpaired) electrons. The molecule has 4 heteroatoms. The van der Waals surface area contributed by atoms with Gasteiger partial charge in [0.2, 0.25) is 0 Å². The molecule has 0 amide bonds. The third kappa shape index (κ3) is 4.23. The van der Waals surface area contributed by atoms with Gasteiger partial charge in [-0.05, 0) is 42.4 Å². The topological polar surface area (TPSA) is 29.3 Å². The summed E-state index contributed by atoms with van der Waals surface area (Å²) in [6.07, 6.45) is 0. The SMILES string of the molecule is CN(Cc1cc(N)cc(Br)c1)Cc1ccccc1Cl. The first kappa shape index (κ1) is 14.4. The van der Waals surface area contributed by atoms with Crippen molar-refractivity contribution < 1.29 is 0 Å². The lowest BCUT2D eigenvalue weighted by Gasteiger charge is -2.18. The number of hydrogen-bond donors (Lipinski definition) is 1. The molecule has 0 unspecified atom stereocenters. The molecule has 2 N–H and O–H groups in total. The highest BCUT2D eigenvalue weighted by atomic mass is 79.9. The van der Waals surface area contributed by atoms with Crippen molar-refractivity contribution in [3.8, 4) is 0 Å². The second-order valence-corrected chi connectivity index (χ2v) is 5.98. The molecule has 2 aromatic rings. The minimum Gasteiger partial charge on any atom is -0.399 e. The molecule has 19 heavy (non-hydrogen) atoms. The van der Waals surface area contributed by atoms with E-state index in [2.05, 4.69) is 33.9 Å². The maximum Gasteiger partial charge on any atom is 0.0451 e. The van der Waals surface area contributed by atoms with Gasteiger partial charge in [0.05, 0.1) is 0 Å². The smallest absolute Gasteiger partial charge is 0.0451 e. The quantitative estimate of drug-likeness (QED) is 0.841. The van der Waals surface area contributed by atoms with E-state index in [1.54, 1.807) is 0 Å². The largest absolute Gasteiger partial charge is 0.399 e. The Hall–Kier alpha value is -1.03. The molecular formula is C15H16BrClN2. The lowest BCUT2D eigenvalue weighted by atomic mass is 10.1. The molecule has 0 fully saturated rings. The third-order valence-electron chi connectivity index (χ3n) is 2.83. The van der Waals surface area contributed by atoms with Crippen LogP contribution in [-0.2, 0) is 13.1 Å². The third-order valence-corrected chi connectivity index (χ3v) is 3.66. The highest BCUT2D eigenvalue weighted by Gasteiger charge is 2.06. The number of benzene rings is 2. The van der Waals surface area contributed by atoms with Crippen LogP contribution in [0.15, 0.2) is 46.9 Å². The van der Waals surface area contributed by atoms with E-state index in [0.29, 0.717) is 0 Å². The predicted molar refractivity (Wildman–Crippen MR) is 85.2 cm³/mol. The fourth-order valence-corrected chi connectivity index (χ4v) is 2.81. The molecule has 0 atom stereocenters. The molecule has 0 aromatic heterocycles. The van der Waals surface area contributed by atoms with Crippen LogP contribution in [0.1, 0.15) is 11.1 Å². The summed E-state index contributed by atoms with van der Waals surface area (Å²) in [4.78, 5) is 2.21. The van der Waals surface area contributed by atoms with Crippen LogP contribution in [0.5, 0.6) is 0 Å². The second-order valence-electron chi connectivity index (χ2n) is 4.66. The van der Waals surface area contributed by atoms with Crippen molar-refractivity contribution in [1.82, 2.24) is 4.90 Å². The van der Waals surface area contributed by atoms with Gasteiger partial charge in [0.1, 0.15) is 0 Å². The zero-order valence-corrected chi connectivity index (χ0v) is 13.1. The second kappa shape index (κ2) is 6.42. The predicted octanol–water partition coefficient (Wildman–Crippen LogP) is 4.32. The van der Waals surface area contributed by atoms with Crippen LogP contribution in [0.25, 0.3) is 0 Å². The first-order valence-corrected chi connectivity index (χ1v) is 7.18. The van der Waals surface area contributed by atoms with E-state index in [1.807, 2.05) is 36.4 Å². The lowest BCUT2D eigenvalue weighted by molar-refractivity contribution is 0.319. The van der Waals surface area contributed by atoms with E-state index in [-0.39, 0.29) is 0 Å². The first-order valence-electron chi connectivity index (χ1n) is 6.01. The average molecular weight is 340 g/mol. The fraction of sp³-hybridized carbons (Fsp3) is 0.200. The first-order chi connectivity index (χ1) is 9.04. The molecule has 2 aromatic carbocycles. The fourth-order valence-electron chi connectivity index (χ4n) is 2.05. The van der Waals surface area contributed by atoms with E-state index in [0.717, 1.165) is 33.8 Å². The summed E-state index contributed by atoms with van der Waals surface area (Å²) in [7, 11) is 2.07. The van der Waals surface area contributed by atoms with E-state index < -0.39 is 0 Å². The molecule has 0 aliphatic rings. The summed E-state index contributed by atoms with van der Waals surface area (Å²) in [5.74, 6) is 0. The Morgan fingerprint density at radius 2 is 1.89 bits per heavy atom. The number of nitrogens with two attached hydrogens (primary N) is 1. The van der Waals surface area contributed by atoms with Gasteiger partial charge in [-0.15, -0.1) is 0 Å². The zero-order chi connectivity index (χ0) is 13.8. The van der Waals surface area contributed by atoms with Crippen molar-refractivity contribution in [1.29, 1.82) is 0 Å². The number of rotatable bonds is 4. The van der Waals surface area contributed by atoms with Gasteiger partial charge in [-0.2, -0.15) is 0 Å². The number of nitrogens with zero attached hydrogens (tertiary/aromatic N) is 1. The van der Waals surface area contributed by atoms with Gasteiger partial charge in [0.15, 0.2) is 0 Å². The van der Waals surface area contributed by atoms with E-state index >= 15 is 0 Å². The van der Waals surface area contributed by atoms with Gasteiger partial charge in [-0.3, -0.25) is 4.90 Å². The summed E-state index contributed by atoms with van der Waals surface area (Å²) < 4.78 is 1.01. The number of nitrogen functional groups attached to an aromatic ring is 1. The van der Waals surface area contributed by atoms with Crippen LogP contribution in [-0.4, -0.2) is 11.9 Å². The monoisotopic (exact) mass is 338 g/mol. The van der Waals surface area contributed by atoms with Gasteiger partial charge in [-0.1, -0.05) is 45.7 Å². The van der Waals surface area contributed by atoms with E-state index in [9.17, 15) is 0 Å². The molecule has 0 bridgehead atoms.